The highest BCUT2D eigenvalue weighted by Crippen LogP contribution is 1.92. The molecule has 0 unspecified atom stereocenters. The van der Waals surface area contributed by atoms with Gasteiger partial charge in [0.25, 0.3) is 0 Å². The summed E-state index contributed by atoms with van der Waals surface area (Å²) in [6, 6.07) is 10.3. The van der Waals surface area contributed by atoms with Crippen molar-refractivity contribution in [3.63, 3.8) is 0 Å². The summed E-state index contributed by atoms with van der Waals surface area (Å²) >= 11 is 0. The summed E-state index contributed by atoms with van der Waals surface area (Å²) in [5.74, 6) is 0. The van der Waals surface area contributed by atoms with Gasteiger partial charge >= 0.3 is 0 Å². The van der Waals surface area contributed by atoms with Gasteiger partial charge in [-0.1, -0.05) is 56.7 Å². The fraction of sp³-hybridized carbons (Fsp3) is 0.538. The third-order valence-corrected chi connectivity index (χ3v) is 2.09. The minimum absolute atomic E-state index is 1.03. The van der Waals surface area contributed by atoms with Gasteiger partial charge in [-0.25, -0.2) is 5.01 Å². The van der Waals surface area contributed by atoms with Crippen molar-refractivity contribution in [3.8, 4) is 0 Å². The molecule has 0 radical (unpaired) electrons. The van der Waals surface area contributed by atoms with Crippen LogP contribution in [0.1, 0.15) is 26.3 Å². The lowest BCUT2D eigenvalue weighted by atomic mass is 10.2. The molecule has 0 fully saturated rings. The zero-order chi connectivity index (χ0) is 11.5. The normalized spacial score (nSPS) is 9.67. The Kier molecular flexibility index (Phi) is 9.13. The number of hydrogen-bond donors (Lipinski definition) is 1. The van der Waals surface area contributed by atoms with Crippen LogP contribution in [0.15, 0.2) is 30.3 Å². The summed E-state index contributed by atoms with van der Waals surface area (Å²) < 4.78 is 0. The Bertz CT molecular complexity index is 217. The van der Waals surface area contributed by atoms with Crippen LogP contribution in [-0.2, 0) is 0 Å². The van der Waals surface area contributed by atoms with E-state index in [1.165, 1.54) is 5.56 Å². The SMILES string of the molecule is CCNN(CC)CC.Cc1ccccc1. The summed E-state index contributed by atoms with van der Waals surface area (Å²) in [5, 5.41) is 2.18. The molecule has 2 heteroatoms. The van der Waals surface area contributed by atoms with Gasteiger partial charge in [-0.2, -0.15) is 0 Å². The Hall–Kier alpha value is -0.860. The fourth-order valence-electron chi connectivity index (χ4n) is 1.21. The molecule has 0 spiro atoms. The highest BCUT2D eigenvalue weighted by molar-refractivity contribution is 5.11. The molecule has 0 amide bonds. The molecule has 2 nitrogen and oxygen atoms in total. The van der Waals surface area contributed by atoms with E-state index in [2.05, 4.69) is 50.3 Å². The monoisotopic (exact) mass is 208 g/mol. The minimum atomic E-state index is 1.03. The topological polar surface area (TPSA) is 15.3 Å². The molecule has 1 rings (SSSR count). The molecule has 1 N–H and O–H groups in total. The maximum Gasteiger partial charge on any atom is 0.0102 e. The number of nitrogens with one attached hydrogen (secondary N) is 1. The Morgan fingerprint density at radius 3 is 1.73 bits per heavy atom. The maximum absolute atomic E-state index is 3.22. The van der Waals surface area contributed by atoms with Crippen LogP contribution in [-0.4, -0.2) is 24.6 Å². The third-order valence-electron chi connectivity index (χ3n) is 2.09. The first-order valence-corrected chi connectivity index (χ1v) is 5.74. The molecule has 0 heterocycles. The number of benzene rings is 1. The van der Waals surface area contributed by atoms with Crippen LogP contribution < -0.4 is 5.43 Å². The Balaban J connectivity index is 0.000000262. The van der Waals surface area contributed by atoms with E-state index in [1.807, 2.05) is 18.2 Å². The van der Waals surface area contributed by atoms with Crippen molar-refractivity contribution in [2.24, 2.45) is 0 Å². The standard InChI is InChI=1S/C7H8.C6H16N2/c1-7-5-3-2-4-6-7;1-4-7-8(5-2)6-3/h2-6H,1H3;7H,4-6H2,1-3H3. The van der Waals surface area contributed by atoms with Gasteiger partial charge in [0.1, 0.15) is 0 Å². The van der Waals surface area contributed by atoms with E-state index in [-0.39, 0.29) is 0 Å². The Morgan fingerprint density at radius 1 is 1.00 bits per heavy atom. The largest absolute Gasteiger partial charge is 0.255 e. The lowest BCUT2D eigenvalue weighted by Crippen LogP contribution is -2.37. The second-order valence-corrected chi connectivity index (χ2v) is 3.34. The highest BCUT2D eigenvalue weighted by Gasteiger charge is 1.91. The molecule has 15 heavy (non-hydrogen) atoms. The van der Waals surface area contributed by atoms with Crippen LogP contribution in [0.5, 0.6) is 0 Å². The molecule has 0 aliphatic heterocycles. The van der Waals surface area contributed by atoms with E-state index in [1.54, 1.807) is 0 Å². The summed E-state index contributed by atoms with van der Waals surface area (Å²) in [6.45, 7) is 11.7. The smallest absolute Gasteiger partial charge is 0.0102 e. The van der Waals surface area contributed by atoms with Crippen LogP contribution in [0.3, 0.4) is 0 Å². The number of hydrogen-bond acceptors (Lipinski definition) is 2. The lowest BCUT2D eigenvalue weighted by molar-refractivity contribution is 0.215. The first-order chi connectivity index (χ1) is 7.24. The number of aryl methyl sites for hydroxylation is 1. The van der Waals surface area contributed by atoms with Crippen molar-refractivity contribution in [2.45, 2.75) is 27.7 Å². The van der Waals surface area contributed by atoms with E-state index in [4.69, 9.17) is 0 Å². The molecule has 0 atom stereocenters. The van der Waals surface area contributed by atoms with Crippen molar-refractivity contribution in [2.75, 3.05) is 19.6 Å². The predicted octanol–water partition coefficient (Wildman–Crippen LogP) is 2.85. The van der Waals surface area contributed by atoms with Crippen LogP contribution in [0, 0.1) is 6.92 Å². The van der Waals surface area contributed by atoms with E-state index >= 15 is 0 Å². The summed E-state index contributed by atoms with van der Waals surface area (Å²) in [6.07, 6.45) is 0. The number of hydrazine groups is 1. The van der Waals surface area contributed by atoms with Gasteiger partial charge in [0.05, 0.1) is 0 Å². The predicted molar refractivity (Wildman–Crippen MR) is 67.8 cm³/mol. The third kappa shape index (κ3) is 8.16. The van der Waals surface area contributed by atoms with E-state index in [9.17, 15) is 0 Å². The highest BCUT2D eigenvalue weighted by atomic mass is 15.5. The van der Waals surface area contributed by atoms with Crippen LogP contribution in [0.4, 0.5) is 0 Å². The quantitative estimate of drug-likeness (QED) is 0.765. The summed E-state index contributed by atoms with van der Waals surface area (Å²) in [5.41, 5.74) is 4.54. The molecule has 86 valence electrons. The lowest BCUT2D eigenvalue weighted by Gasteiger charge is -2.17. The van der Waals surface area contributed by atoms with Crippen molar-refractivity contribution < 1.29 is 0 Å². The molecule has 0 bridgehead atoms. The van der Waals surface area contributed by atoms with E-state index in [0.717, 1.165) is 19.6 Å². The summed E-state index contributed by atoms with van der Waals surface area (Å²) in [7, 11) is 0. The zero-order valence-electron chi connectivity index (χ0n) is 10.5. The van der Waals surface area contributed by atoms with Crippen LogP contribution in [0.2, 0.25) is 0 Å². The van der Waals surface area contributed by atoms with Gasteiger partial charge in [-0.15, -0.1) is 0 Å². The fourth-order valence-corrected chi connectivity index (χ4v) is 1.21. The Morgan fingerprint density at radius 2 is 1.53 bits per heavy atom. The van der Waals surface area contributed by atoms with Gasteiger partial charge in [-0.3, -0.25) is 5.43 Å². The van der Waals surface area contributed by atoms with Crippen molar-refractivity contribution in [1.29, 1.82) is 0 Å². The molecular formula is C13H24N2. The first kappa shape index (κ1) is 14.1. The zero-order valence-corrected chi connectivity index (χ0v) is 10.5. The van der Waals surface area contributed by atoms with Crippen molar-refractivity contribution >= 4 is 0 Å². The average Bonchev–Trinajstić information content (AvgIpc) is 2.28. The van der Waals surface area contributed by atoms with Crippen LogP contribution >= 0.6 is 0 Å². The second kappa shape index (κ2) is 9.69. The molecular weight excluding hydrogens is 184 g/mol. The Labute approximate surface area is 94.3 Å². The van der Waals surface area contributed by atoms with Gasteiger partial charge in [0.2, 0.25) is 0 Å². The summed E-state index contributed by atoms with van der Waals surface area (Å²) in [4.78, 5) is 0. The number of rotatable bonds is 4. The van der Waals surface area contributed by atoms with E-state index < -0.39 is 0 Å². The number of nitrogens with zero attached hydrogens (tertiary/aromatic N) is 1. The van der Waals surface area contributed by atoms with Crippen molar-refractivity contribution in [3.05, 3.63) is 35.9 Å². The average molecular weight is 208 g/mol. The van der Waals surface area contributed by atoms with E-state index in [0.29, 0.717) is 0 Å². The van der Waals surface area contributed by atoms with Crippen molar-refractivity contribution in [1.82, 2.24) is 10.4 Å². The molecule has 1 aromatic carbocycles. The van der Waals surface area contributed by atoms with Gasteiger partial charge in [0.15, 0.2) is 0 Å². The van der Waals surface area contributed by atoms with Gasteiger partial charge in [0, 0.05) is 19.6 Å². The molecule has 0 saturated heterocycles. The molecule has 0 saturated carbocycles. The van der Waals surface area contributed by atoms with Crippen LogP contribution in [0.25, 0.3) is 0 Å². The van der Waals surface area contributed by atoms with Gasteiger partial charge in [-0.05, 0) is 6.92 Å². The maximum atomic E-state index is 3.22. The molecule has 0 aliphatic rings. The molecule has 1 aromatic rings. The molecule has 0 aromatic heterocycles. The molecule has 0 aliphatic carbocycles. The minimum Gasteiger partial charge on any atom is -0.255 e. The second-order valence-electron chi connectivity index (χ2n) is 3.34. The van der Waals surface area contributed by atoms with Gasteiger partial charge < -0.3 is 0 Å². The first-order valence-electron chi connectivity index (χ1n) is 5.74.